The molecule has 0 atom stereocenters. The zero-order valence-electron chi connectivity index (χ0n) is 9.79. The monoisotopic (exact) mass is 295 g/mol. The Morgan fingerprint density at radius 2 is 1.63 bits per heavy atom. The van der Waals surface area contributed by atoms with Crippen molar-refractivity contribution in [2.24, 2.45) is 0 Å². The smallest absolute Gasteiger partial charge is 0.301 e. The van der Waals surface area contributed by atoms with Crippen LogP contribution in [0.2, 0.25) is 0 Å². The Balaban J connectivity index is 2.25. The number of piperazine rings is 1. The maximum atomic E-state index is 13.4. The molecule has 0 unspecified atom stereocenters. The standard InChI is InChI=1S/C10H12F3N3O2S/c11-7-5-8(12)10(9(13)6-7)15-19(17,18)16-3-1-14-2-4-16/h5-6,14-15H,1-4H2. The first-order valence-corrected chi connectivity index (χ1v) is 6.97. The van der Waals surface area contributed by atoms with Crippen molar-refractivity contribution in [2.45, 2.75) is 0 Å². The summed E-state index contributed by atoms with van der Waals surface area (Å²) >= 11 is 0. The van der Waals surface area contributed by atoms with Crippen LogP contribution in [0.5, 0.6) is 0 Å². The molecular weight excluding hydrogens is 283 g/mol. The van der Waals surface area contributed by atoms with Crippen LogP contribution in [0.1, 0.15) is 0 Å². The number of hydrogen-bond donors (Lipinski definition) is 2. The maximum Gasteiger partial charge on any atom is 0.301 e. The maximum absolute atomic E-state index is 13.4. The normalized spacial score (nSPS) is 17.4. The molecule has 106 valence electrons. The number of anilines is 1. The summed E-state index contributed by atoms with van der Waals surface area (Å²) in [6, 6.07) is 0.831. The summed E-state index contributed by atoms with van der Waals surface area (Å²) in [4.78, 5) is 0. The first-order chi connectivity index (χ1) is 8.90. The Morgan fingerprint density at radius 1 is 1.11 bits per heavy atom. The molecule has 1 aliphatic rings. The van der Waals surface area contributed by atoms with Crippen molar-refractivity contribution < 1.29 is 21.6 Å². The second-order valence-corrected chi connectivity index (χ2v) is 5.67. The number of hydrogen-bond acceptors (Lipinski definition) is 3. The van der Waals surface area contributed by atoms with E-state index in [1.165, 1.54) is 0 Å². The Kier molecular flexibility index (Phi) is 3.97. The average Bonchev–Trinajstić information content (AvgIpc) is 2.35. The van der Waals surface area contributed by atoms with Gasteiger partial charge in [-0.15, -0.1) is 0 Å². The molecule has 0 saturated carbocycles. The molecule has 1 aliphatic heterocycles. The lowest BCUT2D eigenvalue weighted by atomic mass is 10.3. The molecule has 1 heterocycles. The Bertz CT molecular complexity index is 550. The molecule has 0 bridgehead atoms. The van der Waals surface area contributed by atoms with Gasteiger partial charge in [-0.25, -0.2) is 13.2 Å². The molecule has 1 aromatic carbocycles. The summed E-state index contributed by atoms with van der Waals surface area (Å²) in [7, 11) is -4.05. The van der Waals surface area contributed by atoms with Gasteiger partial charge in [0.1, 0.15) is 11.5 Å². The summed E-state index contributed by atoms with van der Waals surface area (Å²) in [5, 5.41) is 2.95. The highest BCUT2D eigenvalue weighted by Gasteiger charge is 2.26. The lowest BCUT2D eigenvalue weighted by Gasteiger charge is -2.27. The number of nitrogens with zero attached hydrogens (tertiary/aromatic N) is 1. The van der Waals surface area contributed by atoms with E-state index in [9.17, 15) is 21.6 Å². The van der Waals surface area contributed by atoms with Crippen molar-refractivity contribution in [1.82, 2.24) is 9.62 Å². The van der Waals surface area contributed by atoms with Gasteiger partial charge in [0.15, 0.2) is 11.6 Å². The first kappa shape index (κ1) is 14.1. The highest BCUT2D eigenvalue weighted by molar-refractivity contribution is 7.90. The van der Waals surface area contributed by atoms with E-state index in [-0.39, 0.29) is 13.1 Å². The second-order valence-electron chi connectivity index (χ2n) is 4.00. The second kappa shape index (κ2) is 5.35. The van der Waals surface area contributed by atoms with E-state index in [2.05, 4.69) is 5.32 Å². The van der Waals surface area contributed by atoms with Crippen molar-refractivity contribution in [1.29, 1.82) is 0 Å². The number of rotatable bonds is 3. The zero-order valence-corrected chi connectivity index (χ0v) is 10.6. The topological polar surface area (TPSA) is 61.4 Å². The molecule has 9 heteroatoms. The third kappa shape index (κ3) is 3.17. The SMILES string of the molecule is O=S(=O)(Nc1c(F)cc(F)cc1F)N1CCNCC1. The average molecular weight is 295 g/mol. The van der Waals surface area contributed by atoms with Gasteiger partial charge < -0.3 is 5.32 Å². The van der Waals surface area contributed by atoms with Gasteiger partial charge in [-0.3, -0.25) is 4.72 Å². The minimum Gasteiger partial charge on any atom is -0.314 e. The van der Waals surface area contributed by atoms with Crippen LogP contribution in [-0.2, 0) is 10.2 Å². The molecule has 2 rings (SSSR count). The minimum absolute atomic E-state index is 0.194. The van der Waals surface area contributed by atoms with Crippen LogP contribution in [0.3, 0.4) is 0 Å². The van der Waals surface area contributed by atoms with Gasteiger partial charge >= 0.3 is 10.2 Å². The van der Waals surface area contributed by atoms with E-state index < -0.39 is 33.3 Å². The molecule has 0 radical (unpaired) electrons. The molecule has 1 aromatic rings. The van der Waals surface area contributed by atoms with E-state index in [1.807, 2.05) is 0 Å². The van der Waals surface area contributed by atoms with Crippen molar-refractivity contribution in [3.05, 3.63) is 29.6 Å². The molecular formula is C10H12F3N3O2S. The number of benzene rings is 1. The Labute approximate surface area is 108 Å². The fourth-order valence-corrected chi connectivity index (χ4v) is 2.96. The number of nitrogens with one attached hydrogen (secondary N) is 2. The van der Waals surface area contributed by atoms with Gasteiger partial charge in [-0.2, -0.15) is 12.7 Å². The van der Waals surface area contributed by atoms with E-state index in [0.29, 0.717) is 25.2 Å². The fourth-order valence-electron chi connectivity index (χ4n) is 1.72. The third-order valence-corrected chi connectivity index (χ3v) is 4.16. The fraction of sp³-hybridized carbons (Fsp3) is 0.400. The molecule has 0 aliphatic carbocycles. The largest absolute Gasteiger partial charge is 0.314 e. The summed E-state index contributed by atoms with van der Waals surface area (Å²) in [6.45, 7) is 1.30. The molecule has 5 nitrogen and oxygen atoms in total. The van der Waals surface area contributed by atoms with Crippen molar-refractivity contribution in [2.75, 3.05) is 30.9 Å². The van der Waals surface area contributed by atoms with Gasteiger partial charge in [0.25, 0.3) is 0 Å². The Hall–Kier alpha value is -1.32. The van der Waals surface area contributed by atoms with E-state index >= 15 is 0 Å². The van der Waals surface area contributed by atoms with E-state index in [4.69, 9.17) is 0 Å². The molecule has 0 aromatic heterocycles. The summed E-state index contributed by atoms with van der Waals surface area (Å²) in [5.74, 6) is -3.70. The zero-order chi connectivity index (χ0) is 14.0. The van der Waals surface area contributed by atoms with Crippen LogP contribution in [0.4, 0.5) is 18.9 Å². The predicted octanol–water partition coefficient (Wildman–Crippen LogP) is 0.666. The van der Waals surface area contributed by atoms with Gasteiger partial charge in [0.2, 0.25) is 0 Å². The van der Waals surface area contributed by atoms with Crippen LogP contribution >= 0.6 is 0 Å². The van der Waals surface area contributed by atoms with Gasteiger partial charge in [-0.05, 0) is 0 Å². The van der Waals surface area contributed by atoms with E-state index in [0.717, 1.165) is 4.31 Å². The summed E-state index contributed by atoms with van der Waals surface area (Å²) in [6.07, 6.45) is 0. The molecule has 2 N–H and O–H groups in total. The van der Waals surface area contributed by atoms with Crippen molar-refractivity contribution in [3.8, 4) is 0 Å². The predicted molar refractivity (Wildman–Crippen MR) is 63.3 cm³/mol. The van der Waals surface area contributed by atoms with Gasteiger partial charge in [0.05, 0.1) is 0 Å². The van der Waals surface area contributed by atoms with Crippen LogP contribution in [0.15, 0.2) is 12.1 Å². The molecule has 0 spiro atoms. The van der Waals surface area contributed by atoms with Crippen LogP contribution in [0, 0.1) is 17.5 Å². The van der Waals surface area contributed by atoms with Gasteiger partial charge in [0, 0.05) is 38.3 Å². The molecule has 1 saturated heterocycles. The van der Waals surface area contributed by atoms with Crippen LogP contribution < -0.4 is 10.0 Å². The van der Waals surface area contributed by atoms with E-state index in [1.54, 1.807) is 4.72 Å². The molecule has 0 amide bonds. The highest BCUT2D eigenvalue weighted by Crippen LogP contribution is 2.22. The van der Waals surface area contributed by atoms with Crippen LogP contribution in [-0.4, -0.2) is 38.9 Å². The summed E-state index contributed by atoms with van der Waals surface area (Å²) < 4.78 is 66.1. The van der Waals surface area contributed by atoms with Crippen LogP contribution in [0.25, 0.3) is 0 Å². The summed E-state index contributed by atoms with van der Waals surface area (Å²) in [5.41, 5.74) is -0.875. The molecule has 1 fully saturated rings. The van der Waals surface area contributed by atoms with Crippen molar-refractivity contribution >= 4 is 15.9 Å². The lowest BCUT2D eigenvalue weighted by molar-refractivity contribution is 0.362. The third-order valence-electron chi connectivity index (χ3n) is 2.65. The van der Waals surface area contributed by atoms with Crippen molar-refractivity contribution in [3.63, 3.8) is 0 Å². The highest BCUT2D eigenvalue weighted by atomic mass is 32.2. The number of halogens is 3. The molecule has 19 heavy (non-hydrogen) atoms. The lowest BCUT2D eigenvalue weighted by Crippen LogP contribution is -2.48. The first-order valence-electron chi connectivity index (χ1n) is 5.53. The quantitative estimate of drug-likeness (QED) is 0.861. The Morgan fingerprint density at radius 3 is 2.16 bits per heavy atom. The minimum atomic E-state index is -4.05. The van der Waals surface area contributed by atoms with Gasteiger partial charge in [-0.1, -0.05) is 0 Å².